The number of hydrogen-bond donors (Lipinski definition) is 2. The minimum Gasteiger partial charge on any atom is -0.498 e. The molecule has 1 unspecified atom stereocenters. The number of rotatable bonds is 2. The van der Waals surface area contributed by atoms with Gasteiger partial charge in [0, 0.05) is 37.4 Å². The molecule has 0 fully saturated rings. The molecule has 3 heterocycles. The summed E-state index contributed by atoms with van der Waals surface area (Å²) in [4.78, 5) is 29.2. The highest BCUT2D eigenvalue weighted by Crippen LogP contribution is 2.29. The highest BCUT2D eigenvalue weighted by Gasteiger charge is 2.25. The minimum atomic E-state index is -0.340. The number of allylic oxidation sites excluding steroid dienone is 2. The number of H-pyrrole nitrogens is 1. The summed E-state index contributed by atoms with van der Waals surface area (Å²) in [5, 5.41) is 4.45. The van der Waals surface area contributed by atoms with Crippen LogP contribution in [0.1, 0.15) is 32.3 Å². The van der Waals surface area contributed by atoms with Crippen molar-refractivity contribution in [2.45, 2.75) is 45.4 Å². The molecule has 2 aromatic rings. The van der Waals surface area contributed by atoms with Crippen molar-refractivity contribution < 1.29 is 14.3 Å². The first-order valence-corrected chi connectivity index (χ1v) is 11.1. The zero-order chi connectivity index (χ0) is 22.7. The van der Waals surface area contributed by atoms with Crippen LogP contribution in [0.5, 0.6) is 0 Å². The van der Waals surface area contributed by atoms with Crippen LogP contribution in [0, 0.1) is 0 Å². The Hall–Kier alpha value is -2.91. The van der Waals surface area contributed by atoms with E-state index in [1.54, 1.807) is 13.4 Å². The van der Waals surface area contributed by atoms with Gasteiger partial charge in [-0.15, -0.1) is 0 Å². The standard InChI is InChI=1S/C23H32N6O3/c1-15(2)29-9-5-8-28(3)12-16-11-24-22-21(16)23(26-14-25-22)27-17-6-7-18(31-4)19(10-17)32-13-20(29)30/h6-7,11,14-15,19H,5,8-10,12-13H2,1-4H3,(H2,24,25,26,27). The molecule has 4 rings (SSSR count). The Kier molecular flexibility index (Phi) is 6.76. The van der Waals surface area contributed by atoms with Gasteiger partial charge in [-0.1, -0.05) is 0 Å². The largest absolute Gasteiger partial charge is 0.498 e. The van der Waals surface area contributed by atoms with Gasteiger partial charge in [-0.2, -0.15) is 0 Å². The van der Waals surface area contributed by atoms with Gasteiger partial charge in [-0.05, 0) is 51.6 Å². The second-order valence-corrected chi connectivity index (χ2v) is 8.63. The Labute approximate surface area is 188 Å². The molecule has 32 heavy (non-hydrogen) atoms. The number of methoxy groups -OCH3 is 1. The molecule has 2 bridgehead atoms. The molecule has 0 saturated carbocycles. The average Bonchev–Trinajstić information content (AvgIpc) is 3.18. The van der Waals surface area contributed by atoms with Crippen LogP contribution in [0.2, 0.25) is 0 Å². The number of hydrogen-bond acceptors (Lipinski definition) is 7. The van der Waals surface area contributed by atoms with Crippen LogP contribution in [0.3, 0.4) is 0 Å². The summed E-state index contributed by atoms with van der Waals surface area (Å²) in [6.07, 6.45) is 8.50. The number of carbonyl (C=O) groups excluding carboxylic acids is 1. The van der Waals surface area contributed by atoms with E-state index in [-0.39, 0.29) is 24.7 Å². The Morgan fingerprint density at radius 2 is 2.09 bits per heavy atom. The second-order valence-electron chi connectivity index (χ2n) is 8.63. The molecule has 2 aromatic heterocycles. The highest BCUT2D eigenvalue weighted by molar-refractivity contribution is 5.91. The van der Waals surface area contributed by atoms with Gasteiger partial charge in [-0.3, -0.25) is 4.79 Å². The molecule has 2 N–H and O–H groups in total. The molecule has 9 heteroatoms. The SMILES string of the molecule is COC1=CC=C2CC1OCC(=O)N(C(C)C)CCCN(C)Cc1c[nH]c3ncnc(c13)N2. The number of aromatic amines is 1. The van der Waals surface area contributed by atoms with Crippen LogP contribution < -0.4 is 5.32 Å². The summed E-state index contributed by atoms with van der Waals surface area (Å²) in [7, 11) is 3.72. The minimum absolute atomic E-state index is 0.000285. The summed E-state index contributed by atoms with van der Waals surface area (Å²) in [5.74, 6) is 1.46. The number of amides is 1. The van der Waals surface area contributed by atoms with E-state index >= 15 is 0 Å². The summed E-state index contributed by atoms with van der Waals surface area (Å²) in [5.41, 5.74) is 2.88. The number of fused-ring (bicyclic) bond motifs is 2. The number of ether oxygens (including phenoxy) is 2. The first-order valence-electron chi connectivity index (χ1n) is 11.1. The maximum absolute atomic E-state index is 12.9. The lowest BCUT2D eigenvalue weighted by molar-refractivity contribution is -0.140. The average molecular weight is 441 g/mol. The molecule has 1 aliphatic heterocycles. The third-order valence-corrected chi connectivity index (χ3v) is 5.97. The van der Waals surface area contributed by atoms with E-state index in [0.717, 1.165) is 47.6 Å². The third-order valence-electron chi connectivity index (χ3n) is 5.97. The molecule has 0 spiro atoms. The van der Waals surface area contributed by atoms with E-state index in [1.807, 2.05) is 37.1 Å². The maximum atomic E-state index is 12.9. The van der Waals surface area contributed by atoms with Crippen LogP contribution in [0.25, 0.3) is 11.0 Å². The van der Waals surface area contributed by atoms with Gasteiger partial charge in [0.15, 0.2) is 0 Å². The molecule has 0 saturated heterocycles. The lowest BCUT2D eigenvalue weighted by Crippen LogP contribution is -2.42. The summed E-state index contributed by atoms with van der Waals surface area (Å²) in [6.45, 7) is 6.42. The topological polar surface area (TPSA) is 95.6 Å². The third kappa shape index (κ3) is 4.78. The lowest BCUT2D eigenvalue weighted by atomic mass is 10.1. The van der Waals surface area contributed by atoms with Gasteiger partial charge in [0.25, 0.3) is 0 Å². The number of carbonyl (C=O) groups is 1. The zero-order valence-corrected chi connectivity index (χ0v) is 19.2. The molecule has 172 valence electrons. The fourth-order valence-electron chi connectivity index (χ4n) is 4.30. The molecule has 0 aromatic carbocycles. The molecular weight excluding hydrogens is 408 g/mol. The zero-order valence-electron chi connectivity index (χ0n) is 19.2. The maximum Gasteiger partial charge on any atom is 0.248 e. The number of nitrogens with one attached hydrogen (secondary N) is 2. The van der Waals surface area contributed by atoms with Crippen molar-refractivity contribution in [3.8, 4) is 0 Å². The van der Waals surface area contributed by atoms with Crippen molar-refractivity contribution in [3.05, 3.63) is 41.7 Å². The van der Waals surface area contributed by atoms with Gasteiger partial charge in [0.05, 0.1) is 12.5 Å². The van der Waals surface area contributed by atoms with Crippen molar-refractivity contribution >= 4 is 22.8 Å². The van der Waals surface area contributed by atoms with Crippen LogP contribution in [0.4, 0.5) is 5.82 Å². The normalized spacial score (nSPS) is 21.3. The monoisotopic (exact) mass is 440 g/mol. The summed E-state index contributed by atoms with van der Waals surface area (Å²) < 4.78 is 11.6. The summed E-state index contributed by atoms with van der Waals surface area (Å²) >= 11 is 0. The molecule has 1 aliphatic carbocycles. The number of aromatic nitrogens is 3. The van der Waals surface area contributed by atoms with Crippen LogP contribution in [-0.4, -0.2) is 76.7 Å². The van der Waals surface area contributed by atoms with E-state index in [1.165, 1.54) is 0 Å². The van der Waals surface area contributed by atoms with Gasteiger partial charge >= 0.3 is 0 Å². The van der Waals surface area contributed by atoms with Gasteiger partial charge < -0.3 is 29.6 Å². The van der Waals surface area contributed by atoms with Crippen molar-refractivity contribution in [2.24, 2.45) is 0 Å². The van der Waals surface area contributed by atoms with E-state index in [4.69, 9.17) is 9.47 Å². The van der Waals surface area contributed by atoms with Crippen LogP contribution in [0.15, 0.2) is 36.1 Å². The Bertz CT molecular complexity index is 1030. The second kappa shape index (κ2) is 9.70. The van der Waals surface area contributed by atoms with Gasteiger partial charge in [-0.25, -0.2) is 9.97 Å². The first kappa shape index (κ1) is 22.3. The van der Waals surface area contributed by atoms with Crippen molar-refractivity contribution in [3.63, 3.8) is 0 Å². The summed E-state index contributed by atoms with van der Waals surface area (Å²) in [6, 6.07) is 0.115. The molecule has 2 aliphatic rings. The van der Waals surface area contributed by atoms with Crippen LogP contribution in [-0.2, 0) is 20.8 Å². The fraction of sp³-hybridized carbons (Fsp3) is 0.522. The van der Waals surface area contributed by atoms with E-state index in [2.05, 4.69) is 32.2 Å². The first-order chi connectivity index (χ1) is 15.5. The lowest BCUT2D eigenvalue weighted by Gasteiger charge is -2.30. The molecule has 9 nitrogen and oxygen atoms in total. The number of nitrogens with zero attached hydrogens (tertiary/aromatic N) is 4. The quantitative estimate of drug-likeness (QED) is 0.741. The highest BCUT2D eigenvalue weighted by atomic mass is 16.5. The van der Waals surface area contributed by atoms with E-state index in [0.29, 0.717) is 18.7 Å². The molecule has 1 amide bonds. The number of anilines is 1. The molecule has 0 radical (unpaired) electrons. The van der Waals surface area contributed by atoms with Gasteiger partial charge in [0.1, 0.15) is 36.3 Å². The smallest absolute Gasteiger partial charge is 0.248 e. The van der Waals surface area contributed by atoms with Crippen molar-refractivity contribution in [1.29, 1.82) is 0 Å². The predicted molar refractivity (Wildman–Crippen MR) is 123 cm³/mol. The van der Waals surface area contributed by atoms with Crippen molar-refractivity contribution in [1.82, 2.24) is 24.8 Å². The Balaban J connectivity index is 1.68. The van der Waals surface area contributed by atoms with E-state index in [9.17, 15) is 4.79 Å². The van der Waals surface area contributed by atoms with Crippen molar-refractivity contribution in [2.75, 3.05) is 39.2 Å². The van der Waals surface area contributed by atoms with Gasteiger partial charge in [0.2, 0.25) is 5.91 Å². The predicted octanol–water partition coefficient (Wildman–Crippen LogP) is 2.65. The van der Waals surface area contributed by atoms with Crippen LogP contribution >= 0.6 is 0 Å². The van der Waals surface area contributed by atoms with E-state index < -0.39 is 0 Å². The molecular formula is C23H32N6O3. The fourth-order valence-corrected chi connectivity index (χ4v) is 4.30. The Morgan fingerprint density at radius 1 is 1.25 bits per heavy atom. The Morgan fingerprint density at radius 3 is 2.88 bits per heavy atom. The molecule has 1 atom stereocenters.